The van der Waals surface area contributed by atoms with E-state index < -0.39 is 0 Å². The number of hydrogen-bond donors (Lipinski definition) is 2. The molecular formula is C10H23NO4. The molecule has 0 bridgehead atoms. The van der Waals surface area contributed by atoms with Gasteiger partial charge in [0.1, 0.15) is 0 Å². The average molecular weight is 221 g/mol. The maximum atomic E-state index is 8.44. The molecule has 15 heavy (non-hydrogen) atoms. The van der Waals surface area contributed by atoms with Crippen molar-refractivity contribution in [3.8, 4) is 0 Å². The van der Waals surface area contributed by atoms with Gasteiger partial charge in [-0.1, -0.05) is 0 Å². The monoisotopic (exact) mass is 221 g/mol. The third-order valence-electron chi connectivity index (χ3n) is 1.73. The molecule has 0 radical (unpaired) electrons. The van der Waals surface area contributed by atoms with Gasteiger partial charge in [0.25, 0.3) is 0 Å². The van der Waals surface area contributed by atoms with Gasteiger partial charge in [-0.2, -0.15) is 0 Å². The Morgan fingerprint density at radius 1 is 0.933 bits per heavy atom. The Hall–Kier alpha value is -0.200. The Morgan fingerprint density at radius 3 is 2.47 bits per heavy atom. The van der Waals surface area contributed by atoms with Crippen LogP contribution in [0.25, 0.3) is 0 Å². The third-order valence-corrected chi connectivity index (χ3v) is 1.73. The molecule has 0 aromatic heterocycles. The van der Waals surface area contributed by atoms with Crippen molar-refractivity contribution < 1.29 is 19.3 Å². The largest absolute Gasteiger partial charge is 0.394 e. The van der Waals surface area contributed by atoms with Gasteiger partial charge >= 0.3 is 0 Å². The number of nitrogens with one attached hydrogen (secondary N) is 1. The van der Waals surface area contributed by atoms with Gasteiger partial charge in [0.2, 0.25) is 0 Å². The first kappa shape index (κ1) is 14.8. The highest BCUT2D eigenvalue weighted by Crippen LogP contribution is 1.80. The molecule has 0 heterocycles. The van der Waals surface area contributed by atoms with E-state index in [-0.39, 0.29) is 6.61 Å². The van der Waals surface area contributed by atoms with E-state index in [0.717, 1.165) is 19.5 Å². The first-order chi connectivity index (χ1) is 7.41. The molecule has 0 spiro atoms. The van der Waals surface area contributed by atoms with E-state index in [4.69, 9.17) is 19.3 Å². The van der Waals surface area contributed by atoms with Gasteiger partial charge in [-0.05, 0) is 13.0 Å². The van der Waals surface area contributed by atoms with Crippen LogP contribution in [0, 0.1) is 0 Å². The predicted molar refractivity (Wildman–Crippen MR) is 58.1 cm³/mol. The summed E-state index contributed by atoms with van der Waals surface area (Å²) in [6.45, 7) is 5.00. The maximum Gasteiger partial charge on any atom is 0.0700 e. The van der Waals surface area contributed by atoms with Gasteiger partial charge in [-0.15, -0.1) is 0 Å². The summed E-state index contributed by atoms with van der Waals surface area (Å²) in [6, 6.07) is 0. The quantitative estimate of drug-likeness (QED) is 0.441. The van der Waals surface area contributed by atoms with Crippen molar-refractivity contribution in [3.63, 3.8) is 0 Å². The highest BCUT2D eigenvalue weighted by atomic mass is 16.5. The summed E-state index contributed by atoms with van der Waals surface area (Å²) in [5.41, 5.74) is 0. The molecule has 0 aromatic rings. The van der Waals surface area contributed by atoms with E-state index in [0.29, 0.717) is 33.0 Å². The van der Waals surface area contributed by atoms with Crippen LogP contribution in [-0.2, 0) is 14.2 Å². The summed E-state index contributed by atoms with van der Waals surface area (Å²) < 4.78 is 15.2. The molecule has 0 aliphatic rings. The highest BCUT2D eigenvalue weighted by Gasteiger charge is 1.90. The van der Waals surface area contributed by atoms with Crippen molar-refractivity contribution in [1.29, 1.82) is 0 Å². The van der Waals surface area contributed by atoms with Gasteiger partial charge in [-0.25, -0.2) is 0 Å². The van der Waals surface area contributed by atoms with E-state index in [1.54, 1.807) is 7.11 Å². The Kier molecular flexibility index (Phi) is 13.6. The molecule has 5 heteroatoms. The summed E-state index contributed by atoms with van der Waals surface area (Å²) >= 11 is 0. The van der Waals surface area contributed by atoms with Crippen LogP contribution >= 0.6 is 0 Å². The Bertz CT molecular complexity index is 102. The zero-order valence-electron chi connectivity index (χ0n) is 9.54. The first-order valence-electron chi connectivity index (χ1n) is 5.37. The first-order valence-corrected chi connectivity index (χ1v) is 5.37. The SMILES string of the molecule is COCCOCCNCCCOCCO. The minimum atomic E-state index is 0.0980. The zero-order valence-corrected chi connectivity index (χ0v) is 9.54. The van der Waals surface area contributed by atoms with Crippen LogP contribution in [0.1, 0.15) is 6.42 Å². The maximum absolute atomic E-state index is 8.44. The van der Waals surface area contributed by atoms with Gasteiger partial charge in [0.15, 0.2) is 0 Å². The Balaban J connectivity index is 2.81. The second-order valence-corrected chi connectivity index (χ2v) is 3.04. The van der Waals surface area contributed by atoms with E-state index in [1.807, 2.05) is 0 Å². The minimum absolute atomic E-state index is 0.0980. The molecule has 92 valence electrons. The summed E-state index contributed by atoms with van der Waals surface area (Å²) in [5, 5.41) is 11.7. The normalized spacial score (nSPS) is 10.8. The lowest BCUT2D eigenvalue weighted by Crippen LogP contribution is -2.22. The fourth-order valence-electron chi connectivity index (χ4n) is 0.980. The molecular weight excluding hydrogens is 198 g/mol. The molecule has 0 amide bonds. The zero-order chi connectivity index (χ0) is 11.2. The van der Waals surface area contributed by atoms with Gasteiger partial charge in [0, 0.05) is 20.3 Å². The fourth-order valence-corrected chi connectivity index (χ4v) is 0.980. The minimum Gasteiger partial charge on any atom is -0.394 e. The van der Waals surface area contributed by atoms with E-state index in [1.165, 1.54) is 0 Å². The second kappa shape index (κ2) is 13.8. The molecule has 0 unspecified atom stereocenters. The van der Waals surface area contributed by atoms with Gasteiger partial charge < -0.3 is 24.6 Å². The lowest BCUT2D eigenvalue weighted by molar-refractivity contribution is 0.0709. The second-order valence-electron chi connectivity index (χ2n) is 3.04. The smallest absolute Gasteiger partial charge is 0.0700 e. The highest BCUT2D eigenvalue weighted by molar-refractivity contribution is 4.46. The summed E-state index contributed by atoms with van der Waals surface area (Å²) in [7, 11) is 1.66. The van der Waals surface area contributed by atoms with Crippen molar-refractivity contribution in [1.82, 2.24) is 5.32 Å². The van der Waals surface area contributed by atoms with Crippen molar-refractivity contribution in [2.24, 2.45) is 0 Å². The number of hydrogen-bond acceptors (Lipinski definition) is 5. The van der Waals surface area contributed by atoms with Crippen molar-refractivity contribution in [3.05, 3.63) is 0 Å². The standard InChI is InChI=1S/C10H23NO4/c1-13-9-10-15-7-4-11-3-2-6-14-8-5-12/h11-12H,2-10H2,1H3. The van der Waals surface area contributed by atoms with Crippen LogP contribution in [0.5, 0.6) is 0 Å². The predicted octanol–water partition coefficient (Wildman–Crippen LogP) is -0.362. The summed E-state index contributed by atoms with van der Waals surface area (Å²) in [4.78, 5) is 0. The lowest BCUT2D eigenvalue weighted by atomic mass is 10.4. The molecule has 0 fully saturated rings. The van der Waals surface area contributed by atoms with Crippen molar-refractivity contribution in [2.75, 3.05) is 59.8 Å². The number of methoxy groups -OCH3 is 1. The third kappa shape index (κ3) is 13.8. The average Bonchev–Trinajstić information content (AvgIpc) is 2.26. The summed E-state index contributed by atoms with van der Waals surface area (Å²) in [6.07, 6.45) is 0.956. The Morgan fingerprint density at radius 2 is 1.73 bits per heavy atom. The van der Waals surface area contributed by atoms with Gasteiger partial charge in [0.05, 0.1) is 33.0 Å². The lowest BCUT2D eigenvalue weighted by Gasteiger charge is -2.06. The van der Waals surface area contributed by atoms with Crippen LogP contribution in [0.4, 0.5) is 0 Å². The van der Waals surface area contributed by atoms with Gasteiger partial charge in [-0.3, -0.25) is 0 Å². The van der Waals surface area contributed by atoms with Crippen LogP contribution < -0.4 is 5.32 Å². The molecule has 0 rings (SSSR count). The molecule has 0 saturated carbocycles. The number of ether oxygens (including phenoxy) is 3. The summed E-state index contributed by atoms with van der Waals surface area (Å²) in [5.74, 6) is 0. The number of aliphatic hydroxyl groups excluding tert-OH is 1. The molecule has 0 aliphatic carbocycles. The fraction of sp³-hybridized carbons (Fsp3) is 1.00. The molecule has 0 saturated heterocycles. The van der Waals surface area contributed by atoms with E-state index in [2.05, 4.69) is 5.32 Å². The van der Waals surface area contributed by atoms with E-state index in [9.17, 15) is 0 Å². The van der Waals surface area contributed by atoms with Crippen LogP contribution in [0.2, 0.25) is 0 Å². The molecule has 0 aromatic carbocycles. The Labute approximate surface area is 91.7 Å². The molecule has 2 N–H and O–H groups in total. The van der Waals surface area contributed by atoms with Crippen molar-refractivity contribution >= 4 is 0 Å². The van der Waals surface area contributed by atoms with Crippen LogP contribution in [0.15, 0.2) is 0 Å². The number of rotatable bonds is 12. The molecule has 0 aliphatic heterocycles. The number of aliphatic hydroxyl groups is 1. The van der Waals surface area contributed by atoms with E-state index >= 15 is 0 Å². The molecule has 0 atom stereocenters. The van der Waals surface area contributed by atoms with Crippen LogP contribution in [-0.4, -0.2) is 64.9 Å². The van der Waals surface area contributed by atoms with Crippen LogP contribution in [0.3, 0.4) is 0 Å². The molecule has 5 nitrogen and oxygen atoms in total. The van der Waals surface area contributed by atoms with Crippen molar-refractivity contribution in [2.45, 2.75) is 6.42 Å². The topological polar surface area (TPSA) is 60.0 Å².